The largest absolute Gasteiger partial charge is 0.465 e. The number of hydrogen-bond acceptors (Lipinski definition) is 6. The summed E-state index contributed by atoms with van der Waals surface area (Å²) in [5, 5.41) is 0. The average molecular weight is 906 g/mol. The number of nitrogens with zero attached hydrogens (tertiary/aromatic N) is 2. The summed E-state index contributed by atoms with van der Waals surface area (Å²) < 4.78 is 11.6. The number of rotatable bonds is 50. The fraction of sp³-hybridized carbons (Fsp3) is 0.947. The second-order valence-electron chi connectivity index (χ2n) is 20.3. The number of carbonyl (C=O) groups is 3. The van der Waals surface area contributed by atoms with Crippen molar-refractivity contribution in [2.24, 2.45) is 11.8 Å². The molecule has 0 aliphatic heterocycles. The van der Waals surface area contributed by atoms with Gasteiger partial charge in [0.1, 0.15) is 0 Å². The molecule has 0 radical (unpaired) electrons. The first-order chi connectivity index (χ1) is 31.2. The normalized spacial score (nSPS) is 13.0. The van der Waals surface area contributed by atoms with Crippen molar-refractivity contribution >= 4 is 17.8 Å². The lowest BCUT2D eigenvalue weighted by molar-refractivity contribution is -0.146. The minimum Gasteiger partial charge on any atom is -0.465 e. The number of esters is 2. The van der Waals surface area contributed by atoms with Crippen molar-refractivity contribution in [3.05, 3.63) is 0 Å². The first kappa shape index (κ1) is 62.4. The van der Waals surface area contributed by atoms with Gasteiger partial charge in [-0.1, -0.05) is 214 Å². The van der Waals surface area contributed by atoms with Crippen LogP contribution in [0.1, 0.15) is 291 Å². The Morgan fingerprint density at radius 2 is 0.688 bits per heavy atom. The molecule has 64 heavy (non-hydrogen) atoms. The zero-order valence-electron chi connectivity index (χ0n) is 44.3. The van der Waals surface area contributed by atoms with Gasteiger partial charge in [0, 0.05) is 38.4 Å². The molecule has 0 bridgehead atoms. The van der Waals surface area contributed by atoms with Crippen LogP contribution in [0.4, 0.5) is 0 Å². The van der Waals surface area contributed by atoms with Crippen LogP contribution in [0.15, 0.2) is 0 Å². The van der Waals surface area contributed by atoms with E-state index >= 15 is 0 Å². The smallest absolute Gasteiger partial charge is 0.305 e. The molecule has 0 fully saturated rings. The van der Waals surface area contributed by atoms with Crippen molar-refractivity contribution in [2.45, 2.75) is 297 Å². The SMILES string of the molecule is CCCCCCCCCN(C(=O)CCN(C)C)C(CCCCCCCCC(=O)OCC(CCCC)CCCCCC)CCCCCCCCC(=O)OCC(CCCC)CCCCCC. The molecule has 0 aromatic heterocycles. The number of amides is 1. The Bertz CT molecular complexity index is 964. The van der Waals surface area contributed by atoms with Crippen molar-refractivity contribution in [1.29, 1.82) is 0 Å². The van der Waals surface area contributed by atoms with Gasteiger partial charge in [0.25, 0.3) is 0 Å². The highest BCUT2D eigenvalue weighted by molar-refractivity contribution is 5.76. The van der Waals surface area contributed by atoms with E-state index in [1.54, 1.807) is 0 Å². The Balaban J connectivity index is 4.96. The monoisotopic (exact) mass is 905 g/mol. The molecule has 0 aromatic carbocycles. The van der Waals surface area contributed by atoms with E-state index in [-0.39, 0.29) is 11.9 Å². The standard InChI is InChI=1S/C57H112N2O5/c1-8-13-18-21-26-31-38-48-59(55(60)47-49-58(6)7)54(43-34-27-22-24-29-36-45-56(61)63-50-52(39-16-11-4)41-32-19-14-9-2)44-35-28-23-25-30-37-46-57(62)64-51-53(40-17-12-5)42-33-20-15-10-3/h52-54H,8-51H2,1-7H3. The van der Waals surface area contributed by atoms with E-state index in [4.69, 9.17) is 9.47 Å². The third-order valence-corrected chi connectivity index (χ3v) is 13.7. The maximum absolute atomic E-state index is 13.8. The summed E-state index contributed by atoms with van der Waals surface area (Å²) in [6.07, 6.45) is 46.0. The van der Waals surface area contributed by atoms with Crippen molar-refractivity contribution in [3.8, 4) is 0 Å². The lowest BCUT2D eigenvalue weighted by Crippen LogP contribution is -2.42. The van der Waals surface area contributed by atoms with Gasteiger partial charge in [0.15, 0.2) is 0 Å². The molecule has 0 aliphatic carbocycles. The van der Waals surface area contributed by atoms with Crippen molar-refractivity contribution in [2.75, 3.05) is 40.4 Å². The Morgan fingerprint density at radius 3 is 1.09 bits per heavy atom. The molecular weight excluding hydrogens is 793 g/mol. The quantitative estimate of drug-likeness (QED) is 0.0447. The molecule has 2 unspecified atom stereocenters. The molecule has 0 heterocycles. The lowest BCUT2D eigenvalue weighted by Gasteiger charge is -2.33. The maximum Gasteiger partial charge on any atom is 0.305 e. The van der Waals surface area contributed by atoms with Crippen LogP contribution in [0, 0.1) is 11.8 Å². The highest BCUT2D eigenvalue weighted by Crippen LogP contribution is 2.23. The Morgan fingerprint density at radius 1 is 0.359 bits per heavy atom. The Labute approximate surface area is 399 Å². The van der Waals surface area contributed by atoms with Crippen LogP contribution in [-0.4, -0.2) is 74.1 Å². The van der Waals surface area contributed by atoms with Crippen molar-refractivity contribution in [3.63, 3.8) is 0 Å². The van der Waals surface area contributed by atoms with Crippen LogP contribution < -0.4 is 0 Å². The van der Waals surface area contributed by atoms with Gasteiger partial charge in [-0.25, -0.2) is 0 Å². The highest BCUT2D eigenvalue weighted by atomic mass is 16.5. The van der Waals surface area contributed by atoms with Crippen LogP contribution in [0.5, 0.6) is 0 Å². The summed E-state index contributed by atoms with van der Waals surface area (Å²) >= 11 is 0. The summed E-state index contributed by atoms with van der Waals surface area (Å²) in [5.74, 6) is 1.37. The average Bonchev–Trinajstić information content (AvgIpc) is 3.29. The lowest BCUT2D eigenvalue weighted by atomic mass is 9.96. The predicted octanol–water partition coefficient (Wildman–Crippen LogP) is 16.8. The fourth-order valence-corrected chi connectivity index (χ4v) is 9.27. The third kappa shape index (κ3) is 40.6. The van der Waals surface area contributed by atoms with Crippen molar-refractivity contribution < 1.29 is 23.9 Å². The minimum atomic E-state index is -0.00699. The summed E-state index contributed by atoms with van der Waals surface area (Å²) in [5.41, 5.74) is 0. The zero-order valence-corrected chi connectivity index (χ0v) is 44.3. The number of unbranched alkanes of at least 4 members (excludes halogenated alkanes) is 24. The third-order valence-electron chi connectivity index (χ3n) is 13.7. The molecule has 7 heteroatoms. The van der Waals surface area contributed by atoms with E-state index in [1.165, 1.54) is 167 Å². The minimum absolute atomic E-state index is 0.00699. The topological polar surface area (TPSA) is 76.2 Å². The van der Waals surface area contributed by atoms with Gasteiger partial charge in [-0.2, -0.15) is 0 Å². The molecule has 0 aromatic rings. The zero-order chi connectivity index (χ0) is 47.1. The summed E-state index contributed by atoms with van der Waals surface area (Å²) in [7, 11) is 4.13. The maximum atomic E-state index is 13.8. The van der Waals surface area contributed by atoms with Gasteiger partial charge >= 0.3 is 11.9 Å². The molecule has 2 atom stereocenters. The van der Waals surface area contributed by atoms with E-state index in [9.17, 15) is 14.4 Å². The predicted molar refractivity (Wildman–Crippen MR) is 276 cm³/mol. The van der Waals surface area contributed by atoms with Gasteiger partial charge in [-0.05, 0) is 83.7 Å². The van der Waals surface area contributed by atoms with E-state index in [2.05, 4.69) is 58.5 Å². The molecule has 0 saturated carbocycles. The Kier molecular flexibility index (Phi) is 46.6. The van der Waals surface area contributed by atoms with Gasteiger partial charge in [-0.3, -0.25) is 14.4 Å². The second-order valence-corrected chi connectivity index (χ2v) is 20.3. The molecule has 0 N–H and O–H groups in total. The fourth-order valence-electron chi connectivity index (χ4n) is 9.27. The molecule has 0 rings (SSSR count). The molecule has 0 saturated heterocycles. The summed E-state index contributed by atoms with van der Waals surface area (Å²) in [6, 6.07) is 0.319. The van der Waals surface area contributed by atoms with Crippen LogP contribution in [-0.2, 0) is 23.9 Å². The summed E-state index contributed by atoms with van der Waals surface area (Å²) in [4.78, 5) is 43.5. The van der Waals surface area contributed by atoms with Crippen molar-refractivity contribution in [1.82, 2.24) is 9.80 Å². The van der Waals surface area contributed by atoms with Crippen LogP contribution >= 0.6 is 0 Å². The highest BCUT2D eigenvalue weighted by Gasteiger charge is 2.23. The van der Waals surface area contributed by atoms with Crippen LogP contribution in [0.3, 0.4) is 0 Å². The van der Waals surface area contributed by atoms with Crippen LogP contribution in [0.25, 0.3) is 0 Å². The molecule has 0 aliphatic rings. The van der Waals surface area contributed by atoms with E-state index in [1.807, 2.05) is 0 Å². The first-order valence-corrected chi connectivity index (χ1v) is 28.5. The number of carbonyl (C=O) groups excluding carboxylic acids is 3. The van der Waals surface area contributed by atoms with Gasteiger partial charge in [0.05, 0.1) is 13.2 Å². The van der Waals surface area contributed by atoms with Gasteiger partial charge < -0.3 is 19.3 Å². The van der Waals surface area contributed by atoms with E-state index in [0.717, 1.165) is 83.7 Å². The second kappa shape index (κ2) is 47.8. The molecule has 380 valence electrons. The molecule has 7 nitrogen and oxygen atoms in total. The first-order valence-electron chi connectivity index (χ1n) is 28.5. The van der Waals surface area contributed by atoms with E-state index in [0.29, 0.717) is 56.3 Å². The number of hydrogen-bond donors (Lipinski definition) is 0. The molecule has 0 spiro atoms. The molecule has 1 amide bonds. The van der Waals surface area contributed by atoms with Crippen LogP contribution in [0.2, 0.25) is 0 Å². The van der Waals surface area contributed by atoms with Gasteiger partial charge in [0.2, 0.25) is 5.91 Å². The number of ether oxygens (including phenoxy) is 2. The van der Waals surface area contributed by atoms with E-state index < -0.39 is 0 Å². The summed E-state index contributed by atoms with van der Waals surface area (Å²) in [6.45, 7) is 14.2. The van der Waals surface area contributed by atoms with Gasteiger partial charge in [-0.15, -0.1) is 0 Å². The Hall–Kier alpha value is -1.63. The molecular formula is C57H112N2O5.